The third-order valence-electron chi connectivity index (χ3n) is 5.05. The van der Waals surface area contributed by atoms with Crippen LogP contribution in [-0.4, -0.2) is 21.4 Å². The number of hydrogen-bond acceptors (Lipinski definition) is 2. The van der Waals surface area contributed by atoms with Gasteiger partial charge < -0.3 is 5.11 Å². The van der Waals surface area contributed by atoms with Gasteiger partial charge in [-0.2, -0.15) is 5.10 Å². The van der Waals surface area contributed by atoms with E-state index in [-0.39, 0.29) is 12.0 Å². The van der Waals surface area contributed by atoms with Crippen molar-refractivity contribution in [1.29, 1.82) is 0 Å². The highest BCUT2D eigenvalue weighted by Gasteiger charge is 2.45. The summed E-state index contributed by atoms with van der Waals surface area (Å²) in [5, 5.41) is 19.4. The van der Waals surface area contributed by atoms with Gasteiger partial charge in [-0.1, -0.05) is 24.4 Å². The molecule has 4 atom stereocenters. The van der Waals surface area contributed by atoms with Crippen LogP contribution in [0, 0.1) is 11.8 Å². The van der Waals surface area contributed by atoms with Crippen molar-refractivity contribution in [1.82, 2.24) is 10.2 Å². The van der Waals surface area contributed by atoms with E-state index in [1.54, 1.807) is 0 Å². The lowest BCUT2D eigenvalue weighted by Crippen LogP contribution is -2.17. The molecule has 3 nitrogen and oxygen atoms in total. The summed E-state index contributed by atoms with van der Waals surface area (Å²) in [6, 6.07) is 3.93. The average Bonchev–Trinajstić information content (AvgIpc) is 3.02. The van der Waals surface area contributed by atoms with Crippen LogP contribution in [0.4, 0.5) is 0 Å². The fourth-order valence-electron chi connectivity index (χ4n) is 4.33. The monoisotopic (exact) mass is 276 g/mol. The predicted octanol–water partition coefficient (Wildman–Crippen LogP) is 3.48. The van der Waals surface area contributed by atoms with Crippen molar-refractivity contribution in [2.75, 3.05) is 0 Å². The SMILES string of the molecule is OC1CC2CCCC2C1c1cc(Cl)cc2[nH]ncc12. The molecule has 19 heavy (non-hydrogen) atoms. The van der Waals surface area contributed by atoms with E-state index in [9.17, 15) is 5.11 Å². The lowest BCUT2D eigenvalue weighted by atomic mass is 9.84. The van der Waals surface area contributed by atoms with Crippen molar-refractivity contribution in [3.05, 3.63) is 28.9 Å². The first-order valence-corrected chi connectivity index (χ1v) is 7.42. The van der Waals surface area contributed by atoms with Gasteiger partial charge in [-0.15, -0.1) is 0 Å². The Balaban J connectivity index is 1.87. The third-order valence-corrected chi connectivity index (χ3v) is 5.27. The maximum absolute atomic E-state index is 10.5. The maximum atomic E-state index is 10.5. The van der Waals surface area contributed by atoms with Gasteiger partial charge in [0.15, 0.2) is 0 Å². The van der Waals surface area contributed by atoms with Crippen LogP contribution in [0.1, 0.15) is 37.2 Å². The second-order valence-electron chi connectivity index (χ2n) is 6.01. The van der Waals surface area contributed by atoms with Crippen LogP contribution < -0.4 is 0 Å². The van der Waals surface area contributed by atoms with Gasteiger partial charge in [0.2, 0.25) is 0 Å². The molecule has 2 aliphatic rings. The number of nitrogens with one attached hydrogen (secondary N) is 1. The highest BCUT2D eigenvalue weighted by atomic mass is 35.5. The van der Waals surface area contributed by atoms with Crippen LogP contribution >= 0.6 is 11.6 Å². The summed E-state index contributed by atoms with van der Waals surface area (Å²) in [5.74, 6) is 1.54. The standard InChI is InChI=1S/C15H17ClN2O/c16-9-5-11(12-7-17-18-13(12)6-9)15-10-3-1-2-8(10)4-14(15)19/h5-8,10,14-15,19H,1-4H2,(H,17,18). The number of aliphatic hydroxyl groups is 1. The van der Waals surface area contributed by atoms with Crippen molar-refractivity contribution in [3.63, 3.8) is 0 Å². The van der Waals surface area contributed by atoms with E-state index in [4.69, 9.17) is 11.6 Å². The number of rotatable bonds is 1. The Labute approximate surface area is 117 Å². The number of fused-ring (bicyclic) bond motifs is 2. The average molecular weight is 277 g/mol. The number of aromatic amines is 1. The molecule has 0 bridgehead atoms. The summed E-state index contributed by atoms with van der Waals surface area (Å²) < 4.78 is 0. The molecule has 4 rings (SSSR count). The van der Waals surface area contributed by atoms with Crippen LogP contribution in [0.25, 0.3) is 10.9 Å². The number of hydrogen-bond donors (Lipinski definition) is 2. The maximum Gasteiger partial charge on any atom is 0.0668 e. The highest BCUT2D eigenvalue weighted by molar-refractivity contribution is 6.31. The molecule has 0 saturated heterocycles. The first kappa shape index (κ1) is 11.7. The smallest absolute Gasteiger partial charge is 0.0668 e. The zero-order valence-electron chi connectivity index (χ0n) is 10.6. The number of aromatic nitrogens is 2. The number of halogens is 1. The molecule has 2 aliphatic carbocycles. The van der Waals surface area contributed by atoms with Crippen LogP contribution in [0.3, 0.4) is 0 Å². The van der Waals surface area contributed by atoms with Crippen molar-refractivity contribution >= 4 is 22.5 Å². The molecule has 4 unspecified atom stereocenters. The van der Waals surface area contributed by atoms with Crippen LogP contribution in [0.15, 0.2) is 18.3 Å². The van der Waals surface area contributed by atoms with E-state index >= 15 is 0 Å². The lowest BCUT2D eigenvalue weighted by Gasteiger charge is -2.22. The Kier molecular flexibility index (Phi) is 2.61. The second kappa shape index (κ2) is 4.22. The molecule has 2 aromatic rings. The van der Waals surface area contributed by atoms with Gasteiger partial charge >= 0.3 is 0 Å². The lowest BCUT2D eigenvalue weighted by molar-refractivity contribution is 0.151. The van der Waals surface area contributed by atoms with Crippen LogP contribution in [0.5, 0.6) is 0 Å². The zero-order valence-corrected chi connectivity index (χ0v) is 11.4. The summed E-state index contributed by atoms with van der Waals surface area (Å²) in [6.07, 6.45) is 6.38. The molecule has 0 radical (unpaired) electrons. The Bertz CT molecular complexity index is 624. The fourth-order valence-corrected chi connectivity index (χ4v) is 4.56. The first-order valence-electron chi connectivity index (χ1n) is 7.04. The summed E-state index contributed by atoms with van der Waals surface area (Å²) in [6.45, 7) is 0. The van der Waals surface area contributed by atoms with Gasteiger partial charge in [-0.05, 0) is 42.4 Å². The largest absolute Gasteiger partial charge is 0.392 e. The van der Waals surface area contributed by atoms with Crippen molar-refractivity contribution < 1.29 is 5.11 Å². The molecular weight excluding hydrogens is 260 g/mol. The third kappa shape index (κ3) is 1.72. The minimum atomic E-state index is -0.230. The number of nitrogens with zero attached hydrogens (tertiary/aromatic N) is 1. The van der Waals surface area contributed by atoms with Gasteiger partial charge in [0.05, 0.1) is 17.8 Å². The fraction of sp³-hybridized carbons (Fsp3) is 0.533. The number of aliphatic hydroxyl groups excluding tert-OH is 1. The highest BCUT2D eigenvalue weighted by Crippen LogP contribution is 2.53. The molecule has 0 amide bonds. The topological polar surface area (TPSA) is 48.9 Å². The quantitative estimate of drug-likeness (QED) is 0.838. The van der Waals surface area contributed by atoms with E-state index < -0.39 is 0 Å². The molecule has 0 spiro atoms. The van der Waals surface area contributed by atoms with E-state index in [2.05, 4.69) is 10.2 Å². The van der Waals surface area contributed by atoms with E-state index in [1.165, 1.54) is 24.8 Å². The summed E-state index contributed by atoms with van der Waals surface area (Å²) in [5.41, 5.74) is 2.15. The van der Waals surface area contributed by atoms with Gasteiger partial charge in [0, 0.05) is 16.3 Å². The Morgan fingerprint density at radius 3 is 3.11 bits per heavy atom. The molecule has 1 aromatic carbocycles. The molecule has 4 heteroatoms. The van der Waals surface area contributed by atoms with E-state index in [0.717, 1.165) is 22.3 Å². The molecule has 100 valence electrons. The number of H-pyrrole nitrogens is 1. The second-order valence-corrected chi connectivity index (χ2v) is 6.45. The minimum absolute atomic E-state index is 0.228. The predicted molar refractivity (Wildman–Crippen MR) is 75.3 cm³/mol. The normalized spacial score (nSPS) is 34.0. The molecule has 2 fully saturated rings. The van der Waals surface area contributed by atoms with E-state index in [1.807, 2.05) is 18.3 Å². The minimum Gasteiger partial charge on any atom is -0.392 e. The Morgan fingerprint density at radius 1 is 1.32 bits per heavy atom. The van der Waals surface area contributed by atoms with Gasteiger partial charge in [0.1, 0.15) is 0 Å². The molecule has 1 heterocycles. The Hall–Kier alpha value is -1.06. The molecule has 2 N–H and O–H groups in total. The summed E-state index contributed by atoms with van der Waals surface area (Å²) in [7, 11) is 0. The number of benzene rings is 1. The molecule has 2 saturated carbocycles. The van der Waals surface area contributed by atoms with E-state index in [0.29, 0.717) is 11.8 Å². The van der Waals surface area contributed by atoms with Crippen molar-refractivity contribution in [3.8, 4) is 0 Å². The molecular formula is C15H17ClN2O. The molecule has 1 aromatic heterocycles. The van der Waals surface area contributed by atoms with Gasteiger partial charge in [-0.3, -0.25) is 5.10 Å². The first-order chi connectivity index (χ1) is 9.24. The summed E-state index contributed by atoms with van der Waals surface area (Å²) >= 11 is 6.22. The summed E-state index contributed by atoms with van der Waals surface area (Å²) in [4.78, 5) is 0. The van der Waals surface area contributed by atoms with Gasteiger partial charge in [-0.25, -0.2) is 0 Å². The molecule has 0 aliphatic heterocycles. The zero-order chi connectivity index (χ0) is 13.0. The van der Waals surface area contributed by atoms with Crippen LogP contribution in [0.2, 0.25) is 5.02 Å². The van der Waals surface area contributed by atoms with Crippen molar-refractivity contribution in [2.24, 2.45) is 11.8 Å². The van der Waals surface area contributed by atoms with Gasteiger partial charge in [0.25, 0.3) is 0 Å². The Morgan fingerprint density at radius 2 is 2.21 bits per heavy atom. The van der Waals surface area contributed by atoms with Crippen LogP contribution in [-0.2, 0) is 0 Å². The van der Waals surface area contributed by atoms with Crippen molar-refractivity contribution in [2.45, 2.75) is 37.7 Å².